The second-order valence-electron chi connectivity index (χ2n) is 4.17. The van der Waals surface area contributed by atoms with E-state index in [4.69, 9.17) is 5.11 Å². The van der Waals surface area contributed by atoms with Crippen LogP contribution in [-0.4, -0.2) is 24.2 Å². The minimum Gasteiger partial charge on any atom is -0.396 e. The summed E-state index contributed by atoms with van der Waals surface area (Å²) in [6.07, 6.45) is 2.11. The second kappa shape index (κ2) is 7.85. The number of aliphatic hydroxyl groups excluding tert-OH is 1. The summed E-state index contributed by atoms with van der Waals surface area (Å²) in [5.74, 6) is 0.286. The van der Waals surface area contributed by atoms with E-state index in [9.17, 15) is 4.79 Å². The van der Waals surface area contributed by atoms with Gasteiger partial charge in [-0.1, -0.05) is 37.3 Å². The van der Waals surface area contributed by atoms with Crippen LogP contribution < -0.4 is 5.32 Å². The van der Waals surface area contributed by atoms with Crippen LogP contribution in [0.25, 0.3) is 0 Å². The second-order valence-corrected chi connectivity index (χ2v) is 4.17. The van der Waals surface area contributed by atoms with Crippen LogP contribution in [0.3, 0.4) is 0 Å². The maximum absolute atomic E-state index is 11.4. The molecule has 0 aliphatic rings. The van der Waals surface area contributed by atoms with Crippen molar-refractivity contribution in [3.05, 3.63) is 35.9 Å². The monoisotopic (exact) mass is 235 g/mol. The molecule has 17 heavy (non-hydrogen) atoms. The van der Waals surface area contributed by atoms with E-state index in [1.54, 1.807) is 0 Å². The van der Waals surface area contributed by atoms with Crippen molar-refractivity contribution in [2.24, 2.45) is 0 Å². The standard InChI is InChI=1S/C14H21NO2/c1-2-6-14(17)15-11-13(9-10-16)12-7-4-3-5-8-12/h3-5,7-8,13,16H,2,6,9-11H2,1H3,(H,15,17). The number of carbonyl (C=O) groups is 1. The Morgan fingerprint density at radius 2 is 2.06 bits per heavy atom. The molecule has 1 unspecified atom stereocenters. The van der Waals surface area contributed by atoms with Gasteiger partial charge in [-0.15, -0.1) is 0 Å². The highest BCUT2D eigenvalue weighted by Crippen LogP contribution is 2.18. The average Bonchev–Trinajstić information content (AvgIpc) is 2.36. The van der Waals surface area contributed by atoms with E-state index in [2.05, 4.69) is 5.32 Å². The lowest BCUT2D eigenvalue weighted by atomic mass is 9.96. The van der Waals surface area contributed by atoms with Gasteiger partial charge >= 0.3 is 0 Å². The molecule has 94 valence electrons. The summed E-state index contributed by atoms with van der Waals surface area (Å²) in [6.45, 7) is 2.73. The zero-order chi connectivity index (χ0) is 12.5. The lowest BCUT2D eigenvalue weighted by Crippen LogP contribution is -2.28. The highest BCUT2D eigenvalue weighted by atomic mass is 16.3. The number of rotatable bonds is 7. The molecule has 1 atom stereocenters. The van der Waals surface area contributed by atoms with E-state index < -0.39 is 0 Å². The number of aliphatic hydroxyl groups is 1. The van der Waals surface area contributed by atoms with Crippen molar-refractivity contribution in [1.82, 2.24) is 5.32 Å². The number of hydrogen-bond donors (Lipinski definition) is 2. The first-order chi connectivity index (χ1) is 8.27. The van der Waals surface area contributed by atoms with Gasteiger partial charge in [0.1, 0.15) is 0 Å². The van der Waals surface area contributed by atoms with Gasteiger partial charge in [-0.2, -0.15) is 0 Å². The molecule has 1 aromatic rings. The van der Waals surface area contributed by atoms with E-state index >= 15 is 0 Å². The van der Waals surface area contributed by atoms with Crippen LogP contribution in [0.15, 0.2) is 30.3 Å². The quantitative estimate of drug-likeness (QED) is 0.760. The summed E-state index contributed by atoms with van der Waals surface area (Å²) in [4.78, 5) is 11.4. The predicted molar refractivity (Wildman–Crippen MR) is 68.8 cm³/mol. The Bertz CT molecular complexity index is 324. The summed E-state index contributed by atoms with van der Waals surface area (Å²) < 4.78 is 0. The zero-order valence-corrected chi connectivity index (χ0v) is 10.4. The average molecular weight is 235 g/mol. The minimum atomic E-state index is 0.0892. The third-order valence-corrected chi connectivity index (χ3v) is 2.77. The first kappa shape index (κ1) is 13.7. The first-order valence-electron chi connectivity index (χ1n) is 6.20. The maximum atomic E-state index is 11.4. The number of amides is 1. The normalized spacial score (nSPS) is 12.1. The third kappa shape index (κ3) is 5.00. The van der Waals surface area contributed by atoms with Crippen molar-refractivity contribution < 1.29 is 9.90 Å². The fraction of sp³-hybridized carbons (Fsp3) is 0.500. The van der Waals surface area contributed by atoms with E-state index in [0.717, 1.165) is 6.42 Å². The number of benzene rings is 1. The SMILES string of the molecule is CCCC(=O)NCC(CCO)c1ccccc1. The molecule has 2 N–H and O–H groups in total. The Balaban J connectivity index is 2.52. The summed E-state index contributed by atoms with van der Waals surface area (Å²) in [6, 6.07) is 9.99. The topological polar surface area (TPSA) is 49.3 Å². The van der Waals surface area contributed by atoms with Crippen LogP contribution in [0.5, 0.6) is 0 Å². The van der Waals surface area contributed by atoms with Gasteiger partial charge in [0.05, 0.1) is 0 Å². The number of carbonyl (C=O) groups excluding carboxylic acids is 1. The molecule has 0 aromatic heterocycles. The van der Waals surface area contributed by atoms with Gasteiger partial charge in [0.2, 0.25) is 5.91 Å². The van der Waals surface area contributed by atoms with Crippen LogP contribution in [0, 0.1) is 0 Å². The molecule has 0 heterocycles. The lowest BCUT2D eigenvalue weighted by molar-refractivity contribution is -0.121. The fourth-order valence-electron chi connectivity index (χ4n) is 1.82. The van der Waals surface area contributed by atoms with Crippen molar-refractivity contribution in [2.45, 2.75) is 32.1 Å². The Kier molecular flexibility index (Phi) is 6.33. The van der Waals surface area contributed by atoms with Crippen molar-refractivity contribution in [3.63, 3.8) is 0 Å². The van der Waals surface area contributed by atoms with Gasteiger partial charge in [0.15, 0.2) is 0 Å². The van der Waals surface area contributed by atoms with Gasteiger partial charge in [-0.05, 0) is 18.4 Å². The smallest absolute Gasteiger partial charge is 0.220 e. The highest BCUT2D eigenvalue weighted by molar-refractivity contribution is 5.75. The summed E-state index contributed by atoms with van der Waals surface area (Å²) >= 11 is 0. The maximum Gasteiger partial charge on any atom is 0.220 e. The molecule has 0 bridgehead atoms. The van der Waals surface area contributed by atoms with Crippen LogP contribution in [0.4, 0.5) is 0 Å². The first-order valence-corrected chi connectivity index (χ1v) is 6.20. The van der Waals surface area contributed by atoms with Gasteiger partial charge in [-0.3, -0.25) is 4.79 Å². The van der Waals surface area contributed by atoms with Crippen molar-refractivity contribution in [3.8, 4) is 0 Å². The van der Waals surface area contributed by atoms with Gasteiger partial charge in [0.25, 0.3) is 0 Å². The molecule has 1 aromatic carbocycles. The molecule has 0 saturated heterocycles. The molecule has 0 fully saturated rings. The molecular weight excluding hydrogens is 214 g/mol. The van der Waals surface area contributed by atoms with Crippen LogP contribution in [0.2, 0.25) is 0 Å². The Morgan fingerprint density at radius 1 is 1.35 bits per heavy atom. The number of nitrogens with one attached hydrogen (secondary N) is 1. The molecule has 0 saturated carbocycles. The highest BCUT2D eigenvalue weighted by Gasteiger charge is 2.11. The zero-order valence-electron chi connectivity index (χ0n) is 10.4. The molecule has 1 amide bonds. The Morgan fingerprint density at radius 3 is 2.65 bits per heavy atom. The van der Waals surface area contributed by atoms with Crippen LogP contribution in [-0.2, 0) is 4.79 Å². The van der Waals surface area contributed by atoms with E-state index in [1.807, 2.05) is 37.3 Å². The molecule has 0 radical (unpaired) electrons. The van der Waals surface area contributed by atoms with Gasteiger partial charge < -0.3 is 10.4 Å². The van der Waals surface area contributed by atoms with Crippen molar-refractivity contribution in [2.75, 3.05) is 13.2 Å². The minimum absolute atomic E-state index is 0.0892. The van der Waals surface area contributed by atoms with E-state index in [0.29, 0.717) is 19.4 Å². The molecule has 0 spiro atoms. The summed E-state index contributed by atoms with van der Waals surface area (Å²) in [5.41, 5.74) is 1.17. The summed E-state index contributed by atoms with van der Waals surface area (Å²) in [7, 11) is 0. The fourth-order valence-corrected chi connectivity index (χ4v) is 1.82. The Labute approximate surface area is 103 Å². The molecule has 3 heteroatoms. The van der Waals surface area contributed by atoms with Crippen molar-refractivity contribution in [1.29, 1.82) is 0 Å². The molecule has 0 aliphatic heterocycles. The molecular formula is C14H21NO2. The van der Waals surface area contributed by atoms with Gasteiger partial charge in [-0.25, -0.2) is 0 Å². The molecule has 1 rings (SSSR count). The van der Waals surface area contributed by atoms with Gasteiger partial charge in [0, 0.05) is 25.5 Å². The van der Waals surface area contributed by atoms with E-state index in [-0.39, 0.29) is 18.4 Å². The lowest BCUT2D eigenvalue weighted by Gasteiger charge is -2.17. The van der Waals surface area contributed by atoms with Crippen molar-refractivity contribution >= 4 is 5.91 Å². The number of hydrogen-bond acceptors (Lipinski definition) is 2. The summed E-state index contributed by atoms with van der Waals surface area (Å²) in [5, 5.41) is 12.0. The van der Waals surface area contributed by atoms with Crippen LogP contribution >= 0.6 is 0 Å². The molecule has 3 nitrogen and oxygen atoms in total. The largest absolute Gasteiger partial charge is 0.396 e. The third-order valence-electron chi connectivity index (χ3n) is 2.77. The molecule has 0 aliphatic carbocycles. The predicted octanol–water partition coefficient (Wildman–Crippen LogP) is 2.07. The Hall–Kier alpha value is -1.35. The van der Waals surface area contributed by atoms with Crippen LogP contribution in [0.1, 0.15) is 37.7 Å². The van der Waals surface area contributed by atoms with E-state index in [1.165, 1.54) is 5.56 Å².